The number of aromatic nitrogens is 4. The summed E-state index contributed by atoms with van der Waals surface area (Å²) in [5.41, 5.74) is 1.32. The van der Waals surface area contributed by atoms with Crippen molar-refractivity contribution in [3.05, 3.63) is 10.6 Å². The number of thioether (sulfide) groups is 1. The van der Waals surface area contributed by atoms with Gasteiger partial charge in [0.05, 0.1) is 6.54 Å². The summed E-state index contributed by atoms with van der Waals surface area (Å²) >= 11 is 12.6. The Hall–Kier alpha value is -0.340. The van der Waals surface area contributed by atoms with Gasteiger partial charge in [-0.2, -0.15) is 0 Å². The van der Waals surface area contributed by atoms with Crippen LogP contribution in [-0.2, 0) is 16.0 Å². The van der Waals surface area contributed by atoms with Crippen molar-refractivity contribution in [1.82, 2.24) is 20.2 Å². The molecule has 0 N–H and O–H groups in total. The summed E-state index contributed by atoms with van der Waals surface area (Å²) in [4.78, 5) is 0. The van der Waals surface area contributed by atoms with E-state index in [1.165, 1.54) is 17.3 Å². The first kappa shape index (κ1) is 14.7. The van der Waals surface area contributed by atoms with Gasteiger partial charge in [0.25, 0.3) is 0 Å². The van der Waals surface area contributed by atoms with Crippen molar-refractivity contribution in [3.63, 3.8) is 0 Å². The second-order valence-corrected chi connectivity index (χ2v) is 4.54. The van der Waals surface area contributed by atoms with Crippen molar-refractivity contribution in [2.24, 2.45) is 0 Å². The van der Waals surface area contributed by atoms with Crippen LogP contribution in [0.4, 0.5) is 0 Å². The van der Waals surface area contributed by atoms with Gasteiger partial charge in [-0.05, 0) is 10.4 Å². The zero-order valence-electron chi connectivity index (χ0n) is 9.34. The van der Waals surface area contributed by atoms with Crippen molar-refractivity contribution < 1.29 is 9.47 Å². The van der Waals surface area contributed by atoms with E-state index >= 15 is 0 Å². The minimum absolute atomic E-state index is 0.392. The molecule has 0 saturated heterocycles. The van der Waals surface area contributed by atoms with Crippen molar-refractivity contribution in [3.8, 4) is 0 Å². The summed E-state index contributed by atoms with van der Waals surface area (Å²) in [6.45, 7) is 0.407. The molecule has 0 fully saturated rings. The molecule has 1 aromatic rings. The minimum atomic E-state index is -0.392. The second-order valence-electron chi connectivity index (χ2n) is 2.89. The zero-order valence-corrected chi connectivity index (χ0v) is 11.7. The highest BCUT2D eigenvalue weighted by molar-refractivity contribution is 7.99. The van der Waals surface area contributed by atoms with Gasteiger partial charge in [-0.1, -0.05) is 35.0 Å². The highest BCUT2D eigenvalue weighted by Gasteiger charge is 2.13. The van der Waals surface area contributed by atoms with E-state index in [1.807, 2.05) is 0 Å². The number of halogens is 2. The van der Waals surface area contributed by atoms with Gasteiger partial charge in [0, 0.05) is 30.5 Å². The van der Waals surface area contributed by atoms with Crippen molar-refractivity contribution >= 4 is 35.0 Å². The van der Waals surface area contributed by atoms with E-state index in [0.29, 0.717) is 22.5 Å². The van der Waals surface area contributed by atoms with Crippen LogP contribution in [0.25, 0.3) is 0 Å². The fourth-order valence-corrected chi connectivity index (χ4v) is 2.00. The van der Waals surface area contributed by atoms with Crippen molar-refractivity contribution in [2.45, 2.75) is 18.0 Å². The van der Waals surface area contributed by atoms with Crippen LogP contribution in [0.2, 0.25) is 0 Å². The van der Waals surface area contributed by atoms with Crippen LogP contribution in [0.15, 0.2) is 15.7 Å². The Labute approximate surface area is 113 Å². The zero-order chi connectivity index (χ0) is 12.7. The Kier molecular flexibility index (Phi) is 6.83. The fraction of sp³-hybridized carbons (Fsp3) is 0.625. The Bertz CT molecular complexity index is 370. The van der Waals surface area contributed by atoms with E-state index in [2.05, 4.69) is 15.5 Å². The van der Waals surface area contributed by atoms with Crippen LogP contribution >= 0.6 is 35.0 Å². The molecule has 6 nitrogen and oxygen atoms in total. The van der Waals surface area contributed by atoms with Gasteiger partial charge >= 0.3 is 0 Å². The molecule has 0 aliphatic rings. The first-order valence-corrected chi connectivity index (χ1v) is 6.40. The summed E-state index contributed by atoms with van der Waals surface area (Å²) in [5, 5.41) is 12.4. The van der Waals surface area contributed by atoms with Crippen molar-refractivity contribution in [1.29, 1.82) is 0 Å². The number of tetrazole rings is 1. The number of methoxy groups -OCH3 is 2. The van der Waals surface area contributed by atoms with Gasteiger partial charge in [-0.25, -0.2) is 4.68 Å². The number of nitrogens with zero attached hydrogens (tertiary/aromatic N) is 4. The van der Waals surface area contributed by atoms with E-state index in [-0.39, 0.29) is 0 Å². The maximum absolute atomic E-state index is 5.78. The average molecular weight is 299 g/mol. The smallest absolute Gasteiger partial charge is 0.209 e. The number of hydrogen-bond donors (Lipinski definition) is 0. The molecule has 1 heterocycles. The fourth-order valence-electron chi connectivity index (χ4n) is 0.966. The summed E-state index contributed by atoms with van der Waals surface area (Å²) in [6, 6.07) is 0. The van der Waals surface area contributed by atoms with Gasteiger partial charge in [-0.3, -0.25) is 0 Å². The summed E-state index contributed by atoms with van der Waals surface area (Å²) in [6.07, 6.45) is -0.392. The Balaban J connectivity index is 2.59. The van der Waals surface area contributed by atoms with E-state index in [9.17, 15) is 0 Å². The lowest BCUT2D eigenvalue weighted by Gasteiger charge is -2.13. The summed E-state index contributed by atoms with van der Waals surface area (Å²) in [5.74, 6) is 0.510. The van der Waals surface area contributed by atoms with Gasteiger partial charge in [0.1, 0.15) is 0 Å². The molecule has 0 unspecified atom stereocenters. The quantitative estimate of drug-likeness (QED) is 0.564. The van der Waals surface area contributed by atoms with E-state index in [4.69, 9.17) is 32.7 Å². The molecule has 0 amide bonds. The normalized spacial score (nSPS) is 12.4. The summed E-state index contributed by atoms with van der Waals surface area (Å²) in [7, 11) is 3.11. The lowest BCUT2D eigenvalue weighted by molar-refractivity contribution is -0.113. The minimum Gasteiger partial charge on any atom is -0.354 e. The van der Waals surface area contributed by atoms with Gasteiger partial charge in [0.15, 0.2) is 6.29 Å². The predicted molar refractivity (Wildman–Crippen MR) is 66.1 cm³/mol. The van der Waals surface area contributed by atoms with E-state index in [0.717, 1.165) is 0 Å². The third kappa shape index (κ3) is 4.81. The Morgan fingerprint density at radius 3 is 2.82 bits per heavy atom. The molecule has 1 aromatic heterocycles. The molecule has 0 bridgehead atoms. The molecule has 0 radical (unpaired) electrons. The molecule has 17 heavy (non-hydrogen) atoms. The number of hydrogen-bond acceptors (Lipinski definition) is 6. The van der Waals surface area contributed by atoms with Crippen LogP contribution in [0.3, 0.4) is 0 Å². The molecule has 9 heteroatoms. The molecule has 1 rings (SSSR count). The van der Waals surface area contributed by atoms with Crippen LogP contribution in [0.1, 0.15) is 0 Å². The Morgan fingerprint density at radius 1 is 1.53 bits per heavy atom. The standard InChI is InChI=1S/C8H12Cl2N4O2S/c1-15-7(16-2)4-14-8(11-12-13-14)17-5-6(10)3-9/h3,7H,4-5H2,1-2H3. The Morgan fingerprint density at radius 2 is 2.24 bits per heavy atom. The van der Waals surface area contributed by atoms with Gasteiger partial charge in [-0.15, -0.1) is 5.10 Å². The molecule has 96 valence electrons. The van der Waals surface area contributed by atoms with E-state index < -0.39 is 6.29 Å². The topological polar surface area (TPSA) is 62.1 Å². The maximum atomic E-state index is 5.78. The van der Waals surface area contributed by atoms with Crippen LogP contribution < -0.4 is 0 Å². The van der Waals surface area contributed by atoms with Crippen LogP contribution in [0.5, 0.6) is 0 Å². The molecule has 0 aliphatic carbocycles. The number of ether oxygens (including phenoxy) is 2. The van der Waals surface area contributed by atoms with E-state index in [1.54, 1.807) is 18.9 Å². The van der Waals surface area contributed by atoms with Gasteiger partial charge < -0.3 is 9.47 Å². The SMILES string of the molecule is COC(Cn1nnnc1SCC(Cl)=CCl)OC. The third-order valence-electron chi connectivity index (χ3n) is 1.80. The average Bonchev–Trinajstić information content (AvgIpc) is 2.80. The first-order valence-electron chi connectivity index (χ1n) is 4.60. The highest BCUT2D eigenvalue weighted by atomic mass is 35.5. The lowest BCUT2D eigenvalue weighted by atomic mass is 10.6. The van der Waals surface area contributed by atoms with Crippen LogP contribution in [-0.4, -0.2) is 46.5 Å². The molecular formula is C8H12Cl2N4O2S. The molecule has 0 aromatic carbocycles. The van der Waals surface area contributed by atoms with Crippen molar-refractivity contribution in [2.75, 3.05) is 20.0 Å². The molecule has 0 saturated carbocycles. The molecule has 0 aliphatic heterocycles. The maximum Gasteiger partial charge on any atom is 0.209 e. The second kappa shape index (κ2) is 7.88. The largest absolute Gasteiger partial charge is 0.354 e. The predicted octanol–water partition coefficient (Wildman–Crippen LogP) is 1.70. The monoisotopic (exact) mass is 298 g/mol. The molecule has 0 spiro atoms. The molecular weight excluding hydrogens is 287 g/mol. The summed E-state index contributed by atoms with van der Waals surface area (Å²) < 4.78 is 11.7. The first-order chi connectivity index (χ1) is 8.21. The van der Waals surface area contributed by atoms with Gasteiger partial charge in [0.2, 0.25) is 5.16 Å². The highest BCUT2D eigenvalue weighted by Crippen LogP contribution is 2.20. The van der Waals surface area contributed by atoms with Crippen LogP contribution in [0, 0.1) is 0 Å². The molecule has 0 atom stereocenters. The lowest BCUT2D eigenvalue weighted by Crippen LogP contribution is -2.21. The number of rotatable bonds is 7. The third-order valence-corrected chi connectivity index (χ3v) is 3.59.